The minimum atomic E-state index is -1.24. The van der Waals surface area contributed by atoms with Gasteiger partial charge in [-0.3, -0.25) is 0 Å². The van der Waals surface area contributed by atoms with Gasteiger partial charge in [0.15, 0.2) is 0 Å². The Morgan fingerprint density at radius 3 is 2.50 bits per heavy atom. The van der Waals surface area contributed by atoms with Crippen LogP contribution in [-0.4, -0.2) is 18.2 Å². The molecule has 0 bridgehead atoms. The predicted octanol–water partition coefficient (Wildman–Crippen LogP) is 2.47. The Bertz CT molecular complexity index is 49.7. The van der Waals surface area contributed by atoms with Crippen LogP contribution in [0.3, 0.4) is 0 Å². The highest BCUT2D eigenvalue weighted by atomic mass is 79.9. The van der Waals surface area contributed by atoms with Crippen molar-refractivity contribution in [3.63, 3.8) is 0 Å². The van der Waals surface area contributed by atoms with E-state index in [0.717, 1.165) is 5.33 Å². The van der Waals surface area contributed by atoms with Gasteiger partial charge in [0.1, 0.15) is 12.8 Å². The van der Waals surface area contributed by atoms with Crippen molar-refractivity contribution >= 4 is 15.9 Å². The largest absolute Gasteiger partial charge is 0.248 e. The van der Waals surface area contributed by atoms with E-state index in [1.54, 1.807) is 0 Å². The number of halogens is 3. The van der Waals surface area contributed by atoms with Gasteiger partial charge in [-0.2, -0.15) is 0 Å². The van der Waals surface area contributed by atoms with Crippen molar-refractivity contribution in [2.24, 2.45) is 0 Å². The minimum Gasteiger partial charge on any atom is -0.248 e. The molecule has 0 amide bonds. The van der Waals surface area contributed by atoms with Crippen molar-refractivity contribution in [1.29, 1.82) is 0 Å². The topological polar surface area (TPSA) is 0 Å². The summed E-state index contributed by atoms with van der Waals surface area (Å²) in [6, 6.07) is 0. The van der Waals surface area contributed by atoms with Crippen LogP contribution in [0.15, 0.2) is 0 Å². The number of alkyl halides is 3. The normalized spacial score (nSPS) is 13.9. The van der Waals surface area contributed by atoms with E-state index >= 15 is 0 Å². The first-order valence-electron chi connectivity index (χ1n) is 2.57. The molecule has 0 heterocycles. The van der Waals surface area contributed by atoms with Gasteiger partial charge in [0.2, 0.25) is 0 Å². The van der Waals surface area contributed by atoms with E-state index in [1.807, 2.05) is 0 Å². The van der Waals surface area contributed by atoms with Crippen molar-refractivity contribution < 1.29 is 8.78 Å². The highest BCUT2D eigenvalue weighted by Crippen LogP contribution is 2.03. The van der Waals surface area contributed by atoms with Crippen molar-refractivity contribution in [1.82, 2.24) is 0 Å². The van der Waals surface area contributed by atoms with Gasteiger partial charge in [0.25, 0.3) is 0 Å². The van der Waals surface area contributed by atoms with Crippen LogP contribution in [0.4, 0.5) is 8.78 Å². The molecule has 0 aromatic heterocycles. The molecule has 0 aliphatic heterocycles. The Balaban J connectivity index is 2.86. The molecule has 0 aliphatic rings. The van der Waals surface area contributed by atoms with Gasteiger partial charge >= 0.3 is 0 Å². The zero-order valence-electron chi connectivity index (χ0n) is 4.54. The van der Waals surface area contributed by atoms with E-state index in [4.69, 9.17) is 0 Å². The van der Waals surface area contributed by atoms with Gasteiger partial charge in [-0.1, -0.05) is 15.9 Å². The lowest BCUT2D eigenvalue weighted by atomic mass is 10.2. The minimum absolute atomic E-state index is 0.335. The van der Waals surface area contributed by atoms with Gasteiger partial charge in [-0.05, 0) is 12.8 Å². The van der Waals surface area contributed by atoms with Gasteiger partial charge in [-0.25, -0.2) is 8.78 Å². The molecule has 1 unspecified atom stereocenters. The van der Waals surface area contributed by atoms with E-state index in [2.05, 4.69) is 15.9 Å². The van der Waals surface area contributed by atoms with Crippen LogP contribution in [0.1, 0.15) is 12.8 Å². The fourth-order valence-electron chi connectivity index (χ4n) is 0.376. The summed E-state index contributed by atoms with van der Waals surface area (Å²) in [6.07, 6.45) is -0.195. The molecule has 3 heteroatoms. The van der Waals surface area contributed by atoms with Crippen LogP contribution in [0.2, 0.25) is 0 Å². The van der Waals surface area contributed by atoms with Crippen LogP contribution >= 0.6 is 15.9 Å². The second kappa shape index (κ2) is 5.48. The first-order chi connectivity index (χ1) is 3.81. The van der Waals surface area contributed by atoms with Crippen LogP contribution in [0.25, 0.3) is 0 Å². The molecular weight excluding hydrogens is 178 g/mol. The van der Waals surface area contributed by atoms with E-state index in [9.17, 15) is 8.78 Å². The highest BCUT2D eigenvalue weighted by Gasteiger charge is 2.02. The predicted molar refractivity (Wildman–Crippen MR) is 33.9 cm³/mol. The molecule has 0 spiro atoms. The van der Waals surface area contributed by atoms with Crippen molar-refractivity contribution in [3.8, 4) is 0 Å². The molecule has 0 N–H and O–H groups in total. The van der Waals surface area contributed by atoms with Crippen molar-refractivity contribution in [2.45, 2.75) is 19.0 Å². The first kappa shape index (κ1) is 8.34. The molecule has 0 aliphatic carbocycles. The molecular formula is C5H9BrF2. The third-order valence-electron chi connectivity index (χ3n) is 0.818. The zero-order chi connectivity index (χ0) is 6.41. The second-order valence-corrected chi connectivity index (χ2v) is 2.38. The molecule has 50 valence electrons. The highest BCUT2D eigenvalue weighted by molar-refractivity contribution is 9.09. The lowest BCUT2D eigenvalue weighted by Gasteiger charge is -1.97. The second-order valence-electron chi connectivity index (χ2n) is 1.58. The van der Waals surface area contributed by atoms with Gasteiger partial charge < -0.3 is 0 Å². The van der Waals surface area contributed by atoms with Gasteiger partial charge in [-0.15, -0.1) is 0 Å². The molecule has 0 aromatic carbocycles. The lowest BCUT2D eigenvalue weighted by Crippen LogP contribution is -2.01. The summed E-state index contributed by atoms with van der Waals surface area (Å²) in [5, 5.41) is 0.757. The van der Waals surface area contributed by atoms with E-state index in [1.165, 1.54) is 0 Å². The smallest absolute Gasteiger partial charge is 0.128 e. The maximum absolute atomic E-state index is 11.9. The summed E-state index contributed by atoms with van der Waals surface area (Å²) in [7, 11) is 0. The molecule has 0 aromatic rings. The maximum atomic E-state index is 11.9. The van der Waals surface area contributed by atoms with E-state index < -0.39 is 12.8 Å². The van der Waals surface area contributed by atoms with Crippen LogP contribution < -0.4 is 0 Å². The number of rotatable bonds is 4. The molecule has 0 radical (unpaired) electrons. The molecule has 0 nitrogen and oxygen atoms in total. The van der Waals surface area contributed by atoms with Crippen LogP contribution in [0, 0.1) is 0 Å². The third-order valence-corrected chi connectivity index (χ3v) is 1.38. The molecule has 8 heavy (non-hydrogen) atoms. The van der Waals surface area contributed by atoms with E-state index in [0.29, 0.717) is 12.8 Å². The maximum Gasteiger partial charge on any atom is 0.128 e. The van der Waals surface area contributed by atoms with Crippen LogP contribution in [-0.2, 0) is 0 Å². The van der Waals surface area contributed by atoms with Crippen LogP contribution in [0.5, 0.6) is 0 Å². The SMILES string of the molecule is FCC(F)CCCBr. The average molecular weight is 187 g/mol. The standard InChI is InChI=1S/C5H9BrF2/c6-3-1-2-5(8)4-7/h5H,1-4H2. The molecule has 0 rings (SSSR count). The summed E-state index contributed by atoms with van der Waals surface area (Å²) in [6.45, 7) is -0.840. The summed E-state index contributed by atoms with van der Waals surface area (Å²) in [4.78, 5) is 0. The van der Waals surface area contributed by atoms with Crippen molar-refractivity contribution in [2.75, 3.05) is 12.0 Å². The number of hydrogen-bond acceptors (Lipinski definition) is 0. The quantitative estimate of drug-likeness (QED) is 0.593. The van der Waals surface area contributed by atoms with Gasteiger partial charge in [0, 0.05) is 5.33 Å². The Morgan fingerprint density at radius 2 is 2.12 bits per heavy atom. The summed E-state index contributed by atoms with van der Waals surface area (Å²) < 4.78 is 23.2. The third kappa shape index (κ3) is 4.50. The first-order valence-corrected chi connectivity index (χ1v) is 3.69. The van der Waals surface area contributed by atoms with Gasteiger partial charge in [0.05, 0.1) is 0 Å². The fraction of sp³-hybridized carbons (Fsp3) is 1.00. The average Bonchev–Trinajstić information content (AvgIpc) is 1.83. The summed E-state index contributed by atoms with van der Waals surface area (Å²) >= 11 is 3.12. The Kier molecular flexibility index (Phi) is 5.71. The Morgan fingerprint density at radius 1 is 1.50 bits per heavy atom. The monoisotopic (exact) mass is 186 g/mol. The molecule has 0 saturated carbocycles. The molecule has 1 atom stereocenters. The summed E-state index contributed by atoms with van der Waals surface area (Å²) in [5.74, 6) is 0. The zero-order valence-corrected chi connectivity index (χ0v) is 6.13. The molecule has 0 saturated heterocycles. The lowest BCUT2D eigenvalue weighted by molar-refractivity contribution is 0.246. The Labute approximate surface area is 56.4 Å². The van der Waals surface area contributed by atoms with E-state index in [-0.39, 0.29) is 0 Å². The summed E-state index contributed by atoms with van der Waals surface area (Å²) in [5.41, 5.74) is 0. The Hall–Kier alpha value is 0.340. The van der Waals surface area contributed by atoms with Crippen molar-refractivity contribution in [3.05, 3.63) is 0 Å². The molecule has 0 fully saturated rings. The number of hydrogen-bond donors (Lipinski definition) is 0. The fourth-order valence-corrected chi connectivity index (χ4v) is 0.700.